The van der Waals surface area contributed by atoms with E-state index in [1.54, 1.807) is 24.5 Å². The molecule has 0 radical (unpaired) electrons. The molecule has 0 bridgehead atoms. The third-order valence-corrected chi connectivity index (χ3v) is 5.22. The van der Waals surface area contributed by atoms with Gasteiger partial charge < -0.3 is 20.7 Å². The van der Waals surface area contributed by atoms with Crippen LogP contribution in [0.1, 0.15) is 18.9 Å². The molecule has 0 aliphatic carbocycles. The first-order valence-corrected chi connectivity index (χ1v) is 9.89. The molecular formula is C19H20ClN5O2S. The number of thiocarbonyl (C=S) groups is 1. The molecule has 1 aromatic carbocycles. The lowest BCUT2D eigenvalue weighted by molar-refractivity contribution is -0.123. The molecule has 3 N–H and O–H groups in total. The van der Waals surface area contributed by atoms with Crippen molar-refractivity contribution in [1.82, 2.24) is 25.9 Å². The number of carbonyl (C=O) groups is 1. The number of hydrogen-bond donors (Lipinski definition) is 3. The van der Waals surface area contributed by atoms with Gasteiger partial charge in [0.2, 0.25) is 5.91 Å². The van der Waals surface area contributed by atoms with Gasteiger partial charge in [-0.15, -0.1) is 0 Å². The fraction of sp³-hybridized carbons (Fsp3) is 0.368. The van der Waals surface area contributed by atoms with Gasteiger partial charge in [-0.25, -0.2) is 9.97 Å². The van der Waals surface area contributed by atoms with Gasteiger partial charge in [-0.2, -0.15) is 0 Å². The van der Waals surface area contributed by atoms with Crippen LogP contribution in [-0.2, 0) is 11.2 Å². The van der Waals surface area contributed by atoms with Crippen LogP contribution in [0.25, 0.3) is 11.4 Å². The molecule has 1 saturated heterocycles. The van der Waals surface area contributed by atoms with Crippen LogP contribution in [0, 0.1) is 0 Å². The van der Waals surface area contributed by atoms with Crippen molar-refractivity contribution in [2.75, 3.05) is 6.54 Å². The minimum atomic E-state index is -0.338. The molecule has 0 saturated carbocycles. The first kappa shape index (κ1) is 18.9. The van der Waals surface area contributed by atoms with Crippen molar-refractivity contribution in [2.24, 2.45) is 0 Å². The maximum atomic E-state index is 12.5. The molecule has 0 spiro atoms. The minimum absolute atomic E-state index is 0.0834. The van der Waals surface area contributed by atoms with Gasteiger partial charge in [-0.3, -0.25) is 4.79 Å². The highest BCUT2D eigenvalue weighted by Gasteiger charge is 2.30. The second kappa shape index (κ2) is 7.89. The number of nitrogens with zero attached hydrogens (tertiary/aromatic N) is 2. The molecule has 1 aromatic heterocycles. The summed E-state index contributed by atoms with van der Waals surface area (Å²) in [6.45, 7) is 2.40. The van der Waals surface area contributed by atoms with Crippen LogP contribution in [0.5, 0.6) is 5.75 Å². The average Bonchev–Trinajstić information content (AvgIpc) is 3.08. The summed E-state index contributed by atoms with van der Waals surface area (Å²) in [6, 6.07) is 5.27. The number of ether oxygens (including phenoxy) is 1. The molecule has 146 valence electrons. The molecule has 28 heavy (non-hydrogen) atoms. The molecule has 2 aromatic rings. The summed E-state index contributed by atoms with van der Waals surface area (Å²) in [5.74, 6) is 1.21. The number of carbonyl (C=O) groups excluding carboxylic acids is 1. The maximum Gasteiger partial charge on any atom is 0.242 e. The van der Waals surface area contributed by atoms with E-state index in [4.69, 9.17) is 28.6 Å². The number of nitrogens with one attached hydrogen (secondary N) is 3. The average molecular weight is 418 g/mol. The minimum Gasteiger partial charge on any atom is -0.487 e. The van der Waals surface area contributed by atoms with Crippen molar-refractivity contribution < 1.29 is 9.53 Å². The Kier molecular flexibility index (Phi) is 5.32. The highest BCUT2D eigenvalue weighted by atomic mass is 35.5. The van der Waals surface area contributed by atoms with Crippen molar-refractivity contribution in [3.63, 3.8) is 0 Å². The Morgan fingerprint density at radius 1 is 1.36 bits per heavy atom. The van der Waals surface area contributed by atoms with Crippen LogP contribution < -0.4 is 20.7 Å². The molecule has 1 unspecified atom stereocenters. The van der Waals surface area contributed by atoms with Gasteiger partial charge >= 0.3 is 0 Å². The standard InChI is InChI=1S/C19H20ClN5O2S/c1-10-5-15(25-19(28)24-10)18(26)23-9-13-7-11-6-12(20)8-14(16(11)27-13)17-21-3-2-4-22-17/h2-4,6,8,10,13,15H,5,7,9H2,1H3,(H,23,26)(H2,24,25,28)/t10-,13?,15+/m1/s1. The lowest BCUT2D eigenvalue weighted by atomic mass is 10.0. The fourth-order valence-corrected chi connectivity index (χ4v) is 4.10. The number of aromatic nitrogens is 2. The van der Waals surface area contributed by atoms with Crippen molar-refractivity contribution in [3.8, 4) is 17.1 Å². The van der Waals surface area contributed by atoms with E-state index in [-0.39, 0.29) is 24.1 Å². The van der Waals surface area contributed by atoms with Crippen molar-refractivity contribution in [3.05, 3.63) is 41.2 Å². The van der Waals surface area contributed by atoms with E-state index in [1.807, 2.05) is 13.0 Å². The van der Waals surface area contributed by atoms with Crippen molar-refractivity contribution >= 4 is 34.8 Å². The monoisotopic (exact) mass is 417 g/mol. The van der Waals surface area contributed by atoms with Crippen LogP contribution in [0.3, 0.4) is 0 Å². The lowest BCUT2D eigenvalue weighted by Crippen LogP contribution is -2.58. The van der Waals surface area contributed by atoms with Gasteiger partial charge in [-0.05, 0) is 43.8 Å². The van der Waals surface area contributed by atoms with E-state index in [0.29, 0.717) is 35.3 Å². The summed E-state index contributed by atoms with van der Waals surface area (Å²) in [7, 11) is 0. The molecule has 4 rings (SSSR count). The van der Waals surface area contributed by atoms with E-state index in [9.17, 15) is 4.79 Å². The molecule has 3 atom stereocenters. The summed E-state index contributed by atoms with van der Waals surface area (Å²) in [5.41, 5.74) is 1.75. The SMILES string of the molecule is C[C@@H]1C[C@@H](C(=O)NCC2Cc3cc(Cl)cc(-c4ncccn4)c3O2)NC(=S)N1. The molecule has 3 heterocycles. The number of rotatable bonds is 4. The van der Waals surface area contributed by atoms with Gasteiger partial charge in [0.05, 0.1) is 12.1 Å². The van der Waals surface area contributed by atoms with E-state index >= 15 is 0 Å². The normalized spacial score (nSPS) is 23.2. The van der Waals surface area contributed by atoms with Gasteiger partial charge in [0.15, 0.2) is 10.9 Å². The fourth-order valence-electron chi connectivity index (χ4n) is 3.52. The topological polar surface area (TPSA) is 88.2 Å². The Labute approximate surface area is 173 Å². The summed E-state index contributed by atoms with van der Waals surface area (Å²) in [5, 5.41) is 10.2. The molecule has 1 amide bonds. The number of benzene rings is 1. The van der Waals surface area contributed by atoms with Crippen LogP contribution >= 0.6 is 23.8 Å². The second-order valence-electron chi connectivity index (χ2n) is 7.01. The Hall–Kier alpha value is -2.45. The zero-order valence-electron chi connectivity index (χ0n) is 15.2. The van der Waals surface area contributed by atoms with Crippen LogP contribution in [0.15, 0.2) is 30.6 Å². The molecular weight excluding hydrogens is 398 g/mol. The zero-order valence-corrected chi connectivity index (χ0v) is 16.8. The third kappa shape index (κ3) is 4.02. The Morgan fingerprint density at radius 2 is 2.14 bits per heavy atom. The number of fused-ring (bicyclic) bond motifs is 1. The predicted molar refractivity (Wildman–Crippen MR) is 110 cm³/mol. The van der Waals surface area contributed by atoms with Crippen LogP contribution in [0.4, 0.5) is 0 Å². The maximum absolute atomic E-state index is 12.5. The Bertz CT molecular complexity index is 911. The number of amides is 1. The van der Waals surface area contributed by atoms with E-state index in [1.165, 1.54) is 0 Å². The molecule has 9 heteroatoms. The highest BCUT2D eigenvalue weighted by molar-refractivity contribution is 7.80. The highest BCUT2D eigenvalue weighted by Crippen LogP contribution is 2.39. The summed E-state index contributed by atoms with van der Waals surface area (Å²) >= 11 is 11.4. The summed E-state index contributed by atoms with van der Waals surface area (Å²) in [6.07, 6.45) is 4.51. The predicted octanol–water partition coefficient (Wildman–Crippen LogP) is 1.84. The molecule has 1 fully saturated rings. The first-order chi connectivity index (χ1) is 13.5. The van der Waals surface area contributed by atoms with Gasteiger partial charge in [0.1, 0.15) is 17.9 Å². The molecule has 2 aliphatic rings. The Morgan fingerprint density at radius 3 is 2.89 bits per heavy atom. The van der Waals surface area contributed by atoms with E-state index in [2.05, 4.69) is 25.9 Å². The van der Waals surface area contributed by atoms with Crippen molar-refractivity contribution in [1.29, 1.82) is 0 Å². The van der Waals surface area contributed by atoms with Gasteiger partial charge in [-0.1, -0.05) is 11.6 Å². The second-order valence-corrected chi connectivity index (χ2v) is 7.85. The lowest BCUT2D eigenvalue weighted by Gasteiger charge is -2.30. The zero-order chi connectivity index (χ0) is 19.7. The van der Waals surface area contributed by atoms with Crippen LogP contribution in [-0.4, -0.2) is 45.7 Å². The number of hydrogen-bond acceptors (Lipinski definition) is 5. The molecule has 2 aliphatic heterocycles. The quantitative estimate of drug-likeness (QED) is 0.654. The largest absolute Gasteiger partial charge is 0.487 e. The summed E-state index contributed by atoms with van der Waals surface area (Å²) < 4.78 is 6.12. The Balaban J connectivity index is 1.43. The number of halogens is 1. The smallest absolute Gasteiger partial charge is 0.242 e. The van der Waals surface area contributed by atoms with E-state index in [0.717, 1.165) is 16.9 Å². The summed E-state index contributed by atoms with van der Waals surface area (Å²) in [4.78, 5) is 21.1. The first-order valence-electron chi connectivity index (χ1n) is 9.11. The van der Waals surface area contributed by atoms with E-state index < -0.39 is 0 Å². The third-order valence-electron chi connectivity index (χ3n) is 4.76. The molecule has 7 nitrogen and oxygen atoms in total. The van der Waals surface area contributed by atoms with Gasteiger partial charge in [0, 0.05) is 35.4 Å². The van der Waals surface area contributed by atoms with Crippen LogP contribution in [0.2, 0.25) is 5.02 Å². The van der Waals surface area contributed by atoms with Crippen molar-refractivity contribution in [2.45, 2.75) is 38.0 Å². The van der Waals surface area contributed by atoms with Gasteiger partial charge in [0.25, 0.3) is 0 Å².